The summed E-state index contributed by atoms with van der Waals surface area (Å²) in [6.45, 7) is 2.14. The normalized spacial score (nSPS) is 8.74. The quantitative estimate of drug-likeness (QED) is 0.813. The molecule has 0 aliphatic rings. The third kappa shape index (κ3) is 4.19. The first kappa shape index (κ1) is 14.3. The van der Waals surface area contributed by atoms with Gasteiger partial charge in [0.2, 0.25) is 0 Å². The molecule has 0 spiro atoms. The van der Waals surface area contributed by atoms with Crippen LogP contribution in [0, 0.1) is 34.0 Å². The van der Waals surface area contributed by atoms with Gasteiger partial charge in [-0.3, -0.25) is 0 Å². The fourth-order valence-corrected chi connectivity index (χ4v) is 1.56. The van der Waals surface area contributed by atoms with Crippen molar-refractivity contribution >= 4 is 5.69 Å². The van der Waals surface area contributed by atoms with E-state index in [9.17, 15) is 0 Å². The highest BCUT2D eigenvalue weighted by Gasteiger charge is 2.05. The summed E-state index contributed by atoms with van der Waals surface area (Å²) in [4.78, 5) is 0. The van der Waals surface area contributed by atoms with E-state index in [1.807, 2.05) is 30.3 Å². The molecule has 1 rings (SSSR count). The minimum atomic E-state index is -0.211. The first-order valence-corrected chi connectivity index (χ1v) is 6.05. The van der Waals surface area contributed by atoms with Gasteiger partial charge in [-0.2, -0.15) is 15.8 Å². The second kappa shape index (κ2) is 7.54. The number of benzene rings is 1. The van der Waals surface area contributed by atoms with Crippen LogP contribution in [-0.4, -0.2) is 0 Å². The lowest BCUT2D eigenvalue weighted by Crippen LogP contribution is -2.00. The number of hydrogen-bond donors (Lipinski definition) is 1. The van der Waals surface area contributed by atoms with Gasteiger partial charge in [0.1, 0.15) is 23.9 Å². The van der Waals surface area contributed by atoms with Gasteiger partial charge in [0.15, 0.2) is 5.57 Å². The van der Waals surface area contributed by atoms with Crippen LogP contribution in [0.15, 0.2) is 35.5 Å². The lowest BCUT2D eigenvalue weighted by Gasteiger charge is -2.06. The summed E-state index contributed by atoms with van der Waals surface area (Å²) < 4.78 is 0. The maximum absolute atomic E-state index is 8.92. The van der Waals surface area contributed by atoms with Gasteiger partial charge >= 0.3 is 0 Å². The Hall–Kier alpha value is -2.77. The van der Waals surface area contributed by atoms with E-state index >= 15 is 0 Å². The number of nitrogens with zero attached hydrogens (tertiary/aromatic N) is 3. The highest BCUT2D eigenvalue weighted by molar-refractivity contribution is 5.58. The second-order valence-electron chi connectivity index (χ2n) is 4.01. The third-order valence-electron chi connectivity index (χ3n) is 2.63. The zero-order chi connectivity index (χ0) is 14.1. The van der Waals surface area contributed by atoms with Crippen LogP contribution < -0.4 is 5.32 Å². The first-order valence-electron chi connectivity index (χ1n) is 6.05. The molecule has 0 saturated heterocycles. The minimum absolute atomic E-state index is 0.0219. The van der Waals surface area contributed by atoms with Gasteiger partial charge in [-0.15, -0.1) is 0 Å². The molecule has 4 heteroatoms. The average molecular weight is 250 g/mol. The van der Waals surface area contributed by atoms with E-state index in [4.69, 9.17) is 15.8 Å². The number of rotatable bonds is 5. The molecule has 4 nitrogen and oxygen atoms in total. The SMILES string of the molecule is CCCCc1ccc(NC(C#N)=C(C#N)C#N)cc1. The van der Waals surface area contributed by atoms with Gasteiger partial charge in [0, 0.05) is 5.69 Å². The van der Waals surface area contributed by atoms with E-state index < -0.39 is 0 Å². The predicted octanol–water partition coefficient (Wildman–Crippen LogP) is 3.27. The summed E-state index contributed by atoms with van der Waals surface area (Å²) >= 11 is 0. The molecular weight excluding hydrogens is 236 g/mol. The summed E-state index contributed by atoms with van der Waals surface area (Å²) in [7, 11) is 0. The number of nitrogens with one attached hydrogen (secondary N) is 1. The molecule has 0 bridgehead atoms. The van der Waals surface area contributed by atoms with Crippen molar-refractivity contribution in [1.29, 1.82) is 15.8 Å². The largest absolute Gasteiger partial charge is 0.345 e. The summed E-state index contributed by atoms with van der Waals surface area (Å²) in [6.07, 6.45) is 3.32. The average Bonchev–Trinajstić information content (AvgIpc) is 2.46. The van der Waals surface area contributed by atoms with Crippen molar-refractivity contribution in [2.24, 2.45) is 0 Å². The van der Waals surface area contributed by atoms with Crippen LogP contribution in [0.5, 0.6) is 0 Å². The van der Waals surface area contributed by atoms with Gasteiger partial charge in [-0.05, 0) is 30.5 Å². The van der Waals surface area contributed by atoms with E-state index in [2.05, 4.69) is 12.2 Å². The zero-order valence-corrected chi connectivity index (χ0v) is 10.8. The number of unbranched alkanes of at least 4 members (excludes halogenated alkanes) is 1. The lowest BCUT2D eigenvalue weighted by molar-refractivity contribution is 0.795. The molecule has 0 saturated carbocycles. The maximum atomic E-state index is 8.92. The number of allylic oxidation sites excluding steroid dienone is 2. The van der Waals surface area contributed by atoms with E-state index in [1.54, 1.807) is 12.1 Å². The number of anilines is 1. The molecule has 0 heterocycles. The van der Waals surface area contributed by atoms with E-state index in [0.29, 0.717) is 5.69 Å². The Morgan fingerprint density at radius 3 is 2.16 bits per heavy atom. The first-order chi connectivity index (χ1) is 9.24. The van der Waals surface area contributed by atoms with Crippen molar-refractivity contribution in [1.82, 2.24) is 0 Å². The van der Waals surface area contributed by atoms with Gasteiger partial charge in [0.05, 0.1) is 0 Å². The minimum Gasteiger partial charge on any atom is -0.345 e. The molecule has 1 aromatic carbocycles. The highest BCUT2D eigenvalue weighted by atomic mass is 14.9. The zero-order valence-electron chi connectivity index (χ0n) is 10.8. The van der Waals surface area contributed by atoms with Crippen LogP contribution in [0.2, 0.25) is 0 Å². The summed E-state index contributed by atoms with van der Waals surface area (Å²) in [5.41, 5.74) is 1.69. The van der Waals surface area contributed by atoms with Crippen molar-refractivity contribution in [3.8, 4) is 18.2 Å². The smallest absolute Gasteiger partial charge is 0.163 e. The topological polar surface area (TPSA) is 83.4 Å². The van der Waals surface area contributed by atoms with Crippen LogP contribution in [0.1, 0.15) is 25.3 Å². The van der Waals surface area contributed by atoms with Crippen molar-refractivity contribution < 1.29 is 0 Å². The molecule has 0 atom stereocenters. The molecule has 0 aliphatic carbocycles. The number of hydrogen-bond acceptors (Lipinski definition) is 4. The predicted molar refractivity (Wildman–Crippen MR) is 72.5 cm³/mol. The van der Waals surface area contributed by atoms with Crippen molar-refractivity contribution in [3.63, 3.8) is 0 Å². The van der Waals surface area contributed by atoms with Crippen LogP contribution in [-0.2, 0) is 6.42 Å². The second-order valence-corrected chi connectivity index (χ2v) is 4.01. The fourth-order valence-electron chi connectivity index (χ4n) is 1.56. The molecule has 19 heavy (non-hydrogen) atoms. The van der Waals surface area contributed by atoms with Gasteiger partial charge < -0.3 is 5.32 Å². The van der Waals surface area contributed by atoms with Crippen molar-refractivity contribution in [2.75, 3.05) is 5.32 Å². The molecule has 0 amide bonds. The van der Waals surface area contributed by atoms with Crippen LogP contribution >= 0.6 is 0 Å². The molecule has 0 unspecified atom stereocenters. The van der Waals surface area contributed by atoms with E-state index in [-0.39, 0.29) is 11.3 Å². The van der Waals surface area contributed by atoms with Crippen LogP contribution in [0.4, 0.5) is 5.69 Å². The molecule has 94 valence electrons. The summed E-state index contributed by atoms with van der Waals surface area (Å²) in [6, 6.07) is 12.9. The Morgan fingerprint density at radius 1 is 1.05 bits per heavy atom. The van der Waals surface area contributed by atoms with E-state index in [1.165, 1.54) is 5.56 Å². The van der Waals surface area contributed by atoms with Crippen molar-refractivity contribution in [2.45, 2.75) is 26.2 Å². The van der Waals surface area contributed by atoms with Crippen LogP contribution in [0.25, 0.3) is 0 Å². The third-order valence-corrected chi connectivity index (χ3v) is 2.63. The van der Waals surface area contributed by atoms with Crippen molar-refractivity contribution in [3.05, 3.63) is 41.1 Å². The Balaban J connectivity index is 2.84. The maximum Gasteiger partial charge on any atom is 0.163 e. The summed E-state index contributed by atoms with van der Waals surface area (Å²) in [5, 5.41) is 29.2. The van der Waals surface area contributed by atoms with E-state index in [0.717, 1.165) is 19.3 Å². The number of nitriles is 3. The Labute approximate surface area is 113 Å². The standard InChI is InChI=1S/C15H14N4/c1-2-3-4-12-5-7-14(8-6-12)19-15(11-18)13(9-16)10-17/h5-8,19H,2-4H2,1H3. The fraction of sp³-hybridized carbons (Fsp3) is 0.267. The molecule has 0 aromatic heterocycles. The highest BCUT2D eigenvalue weighted by Crippen LogP contribution is 2.14. The lowest BCUT2D eigenvalue weighted by atomic mass is 10.1. The molecule has 0 aliphatic heterocycles. The van der Waals surface area contributed by atoms with Gasteiger partial charge in [-0.1, -0.05) is 25.5 Å². The monoisotopic (exact) mass is 250 g/mol. The molecule has 1 aromatic rings. The Bertz CT molecular complexity index is 561. The Kier molecular flexibility index (Phi) is 5.67. The van der Waals surface area contributed by atoms with Gasteiger partial charge in [0.25, 0.3) is 0 Å². The van der Waals surface area contributed by atoms with Gasteiger partial charge in [-0.25, -0.2) is 0 Å². The summed E-state index contributed by atoms with van der Waals surface area (Å²) in [5.74, 6) is 0. The molecular formula is C15H14N4. The number of aryl methyl sites for hydroxylation is 1. The Morgan fingerprint density at radius 2 is 1.68 bits per heavy atom. The molecule has 0 fully saturated rings. The molecule has 0 radical (unpaired) electrons. The van der Waals surface area contributed by atoms with Crippen LogP contribution in [0.3, 0.4) is 0 Å². The molecule has 1 N–H and O–H groups in total.